The highest BCUT2D eigenvalue weighted by Gasteiger charge is 2.26. The summed E-state index contributed by atoms with van der Waals surface area (Å²) in [6.07, 6.45) is 1.72. The van der Waals surface area contributed by atoms with Crippen LogP contribution in [0.25, 0.3) is 0 Å². The molecule has 3 nitrogen and oxygen atoms in total. The van der Waals surface area contributed by atoms with Crippen molar-refractivity contribution in [1.82, 2.24) is 4.90 Å². The number of nitrogens with zero attached hydrogens (tertiary/aromatic N) is 1. The Kier molecular flexibility index (Phi) is 1.34. The summed E-state index contributed by atoms with van der Waals surface area (Å²) in [4.78, 5) is 22.5. The standard InChI is InChI=1S/C6H7NO2/c1-2-7-4-3-5(8)6(7)9/h2H,1,3-4H2. The Morgan fingerprint density at radius 2 is 2.22 bits per heavy atom. The molecule has 1 rings (SSSR count). The minimum atomic E-state index is -0.426. The number of likely N-dealkylation sites (tertiary alicyclic amines) is 1. The van der Waals surface area contributed by atoms with Crippen LogP contribution in [-0.4, -0.2) is 23.1 Å². The van der Waals surface area contributed by atoms with E-state index >= 15 is 0 Å². The van der Waals surface area contributed by atoms with Crippen molar-refractivity contribution in [3.8, 4) is 0 Å². The summed E-state index contributed by atoms with van der Waals surface area (Å²) in [5.41, 5.74) is 0. The van der Waals surface area contributed by atoms with E-state index in [1.54, 1.807) is 0 Å². The van der Waals surface area contributed by atoms with Crippen LogP contribution in [0.5, 0.6) is 0 Å². The third-order valence-electron chi connectivity index (χ3n) is 1.30. The van der Waals surface area contributed by atoms with E-state index in [0.29, 0.717) is 13.0 Å². The molecule has 48 valence electrons. The van der Waals surface area contributed by atoms with Crippen molar-refractivity contribution in [2.75, 3.05) is 6.54 Å². The zero-order chi connectivity index (χ0) is 6.85. The fourth-order valence-electron chi connectivity index (χ4n) is 0.765. The van der Waals surface area contributed by atoms with E-state index in [1.165, 1.54) is 11.1 Å². The van der Waals surface area contributed by atoms with Crippen LogP contribution in [0.15, 0.2) is 12.8 Å². The number of hydrogen-bond acceptors (Lipinski definition) is 2. The fraction of sp³-hybridized carbons (Fsp3) is 0.333. The maximum Gasteiger partial charge on any atom is 0.293 e. The van der Waals surface area contributed by atoms with Crippen LogP contribution in [0, 0.1) is 0 Å². The molecule has 1 saturated heterocycles. The van der Waals surface area contributed by atoms with Crippen molar-refractivity contribution < 1.29 is 9.59 Å². The van der Waals surface area contributed by atoms with Crippen molar-refractivity contribution in [3.63, 3.8) is 0 Å². The zero-order valence-corrected chi connectivity index (χ0v) is 4.96. The third-order valence-corrected chi connectivity index (χ3v) is 1.30. The molecule has 0 unspecified atom stereocenters. The molecule has 0 atom stereocenters. The molecule has 0 aliphatic carbocycles. The molecule has 0 aromatic rings. The van der Waals surface area contributed by atoms with Gasteiger partial charge in [0.05, 0.1) is 0 Å². The highest BCUT2D eigenvalue weighted by atomic mass is 16.2. The fourth-order valence-corrected chi connectivity index (χ4v) is 0.765. The molecule has 9 heavy (non-hydrogen) atoms. The van der Waals surface area contributed by atoms with Gasteiger partial charge in [-0.25, -0.2) is 0 Å². The predicted octanol–water partition coefficient (Wildman–Crippen LogP) is -0.0687. The first-order valence-corrected chi connectivity index (χ1v) is 2.72. The van der Waals surface area contributed by atoms with Crippen LogP contribution in [0.4, 0.5) is 0 Å². The van der Waals surface area contributed by atoms with Crippen LogP contribution >= 0.6 is 0 Å². The van der Waals surface area contributed by atoms with Gasteiger partial charge in [0.25, 0.3) is 5.91 Å². The quantitative estimate of drug-likeness (QED) is 0.460. The zero-order valence-electron chi connectivity index (χ0n) is 4.96. The van der Waals surface area contributed by atoms with E-state index in [-0.39, 0.29) is 5.78 Å². The Hall–Kier alpha value is -1.12. The maximum atomic E-state index is 10.6. The third kappa shape index (κ3) is 0.850. The molecule has 1 aliphatic rings. The minimum Gasteiger partial charge on any atom is -0.313 e. The second-order valence-corrected chi connectivity index (χ2v) is 1.85. The number of carbonyl (C=O) groups is 2. The first-order chi connectivity index (χ1) is 4.25. The molecule has 0 aromatic heterocycles. The number of carbonyl (C=O) groups excluding carboxylic acids is 2. The van der Waals surface area contributed by atoms with Gasteiger partial charge in [0.15, 0.2) is 0 Å². The normalized spacial score (nSPS) is 18.9. The van der Waals surface area contributed by atoms with Gasteiger partial charge in [-0.15, -0.1) is 0 Å². The Labute approximate surface area is 53.0 Å². The molecule has 0 N–H and O–H groups in total. The summed E-state index contributed by atoms with van der Waals surface area (Å²) in [6, 6.07) is 0. The Morgan fingerprint density at radius 1 is 1.56 bits per heavy atom. The molecule has 0 radical (unpaired) electrons. The van der Waals surface area contributed by atoms with Gasteiger partial charge in [0.2, 0.25) is 5.78 Å². The number of Topliss-reactive ketones (excluding diaryl/α,β-unsaturated/α-hetero) is 1. The molecular weight excluding hydrogens is 118 g/mol. The number of rotatable bonds is 1. The topological polar surface area (TPSA) is 37.4 Å². The summed E-state index contributed by atoms with van der Waals surface area (Å²) in [5.74, 6) is -0.736. The molecule has 1 heterocycles. The average molecular weight is 125 g/mol. The first-order valence-electron chi connectivity index (χ1n) is 2.72. The van der Waals surface area contributed by atoms with E-state index in [2.05, 4.69) is 6.58 Å². The lowest BCUT2D eigenvalue weighted by atomic mass is 10.3. The summed E-state index contributed by atoms with van der Waals surface area (Å²) in [7, 11) is 0. The highest BCUT2D eigenvalue weighted by Crippen LogP contribution is 2.04. The maximum absolute atomic E-state index is 10.6. The van der Waals surface area contributed by atoms with Gasteiger partial charge in [-0.2, -0.15) is 0 Å². The van der Waals surface area contributed by atoms with Crippen LogP contribution in [-0.2, 0) is 9.59 Å². The lowest BCUT2D eigenvalue weighted by Gasteiger charge is -2.03. The summed E-state index contributed by atoms with van der Waals surface area (Å²) < 4.78 is 0. The Bertz CT molecular complexity index is 174. The highest BCUT2D eigenvalue weighted by molar-refractivity contribution is 6.38. The lowest BCUT2D eigenvalue weighted by Crippen LogP contribution is -2.20. The van der Waals surface area contributed by atoms with E-state index < -0.39 is 5.91 Å². The van der Waals surface area contributed by atoms with E-state index in [4.69, 9.17) is 0 Å². The van der Waals surface area contributed by atoms with Crippen LogP contribution in [0.3, 0.4) is 0 Å². The largest absolute Gasteiger partial charge is 0.313 e. The van der Waals surface area contributed by atoms with E-state index in [0.717, 1.165) is 0 Å². The average Bonchev–Trinajstić information content (AvgIpc) is 2.15. The molecule has 0 spiro atoms. The smallest absolute Gasteiger partial charge is 0.293 e. The lowest BCUT2D eigenvalue weighted by molar-refractivity contribution is -0.138. The molecule has 3 heteroatoms. The van der Waals surface area contributed by atoms with Gasteiger partial charge in [-0.3, -0.25) is 9.59 Å². The first kappa shape index (κ1) is 6.01. The van der Waals surface area contributed by atoms with Crippen molar-refractivity contribution in [2.45, 2.75) is 6.42 Å². The van der Waals surface area contributed by atoms with Gasteiger partial charge in [0.1, 0.15) is 0 Å². The number of amides is 1. The summed E-state index contributed by atoms with van der Waals surface area (Å²) in [5, 5.41) is 0. The molecule has 0 aromatic carbocycles. The van der Waals surface area contributed by atoms with Crippen LogP contribution in [0.1, 0.15) is 6.42 Å². The van der Waals surface area contributed by atoms with Crippen molar-refractivity contribution >= 4 is 11.7 Å². The second kappa shape index (κ2) is 2.01. The second-order valence-electron chi connectivity index (χ2n) is 1.85. The Balaban J connectivity index is 2.73. The molecule has 1 aliphatic heterocycles. The van der Waals surface area contributed by atoms with Gasteiger partial charge in [0, 0.05) is 13.0 Å². The van der Waals surface area contributed by atoms with Gasteiger partial charge < -0.3 is 4.90 Å². The summed E-state index contributed by atoms with van der Waals surface area (Å²) >= 11 is 0. The summed E-state index contributed by atoms with van der Waals surface area (Å²) in [6.45, 7) is 3.88. The van der Waals surface area contributed by atoms with Crippen molar-refractivity contribution in [3.05, 3.63) is 12.8 Å². The molecule has 0 bridgehead atoms. The molecular formula is C6H7NO2. The minimum absolute atomic E-state index is 0.310. The Morgan fingerprint density at radius 3 is 2.44 bits per heavy atom. The van der Waals surface area contributed by atoms with E-state index in [1.807, 2.05) is 0 Å². The molecule has 0 saturated carbocycles. The van der Waals surface area contributed by atoms with Crippen molar-refractivity contribution in [1.29, 1.82) is 0 Å². The van der Waals surface area contributed by atoms with Gasteiger partial charge >= 0.3 is 0 Å². The molecule has 1 amide bonds. The SMILES string of the molecule is C=CN1CCC(=O)C1=O. The van der Waals surface area contributed by atoms with E-state index in [9.17, 15) is 9.59 Å². The van der Waals surface area contributed by atoms with Gasteiger partial charge in [-0.1, -0.05) is 6.58 Å². The van der Waals surface area contributed by atoms with Crippen molar-refractivity contribution in [2.24, 2.45) is 0 Å². The molecule has 1 fully saturated rings. The van der Waals surface area contributed by atoms with Gasteiger partial charge in [-0.05, 0) is 6.20 Å². The monoisotopic (exact) mass is 125 g/mol. The van der Waals surface area contributed by atoms with Crippen LogP contribution < -0.4 is 0 Å². The predicted molar refractivity (Wildman–Crippen MR) is 31.5 cm³/mol. The number of ketones is 1. The number of hydrogen-bond donors (Lipinski definition) is 0. The van der Waals surface area contributed by atoms with Crippen LogP contribution in [0.2, 0.25) is 0 Å².